The van der Waals surface area contributed by atoms with Gasteiger partial charge in [0.1, 0.15) is 17.4 Å². The van der Waals surface area contributed by atoms with Gasteiger partial charge in [0, 0.05) is 16.5 Å². The van der Waals surface area contributed by atoms with E-state index in [1.807, 2.05) is 6.92 Å². The van der Waals surface area contributed by atoms with Crippen molar-refractivity contribution in [1.29, 1.82) is 5.26 Å². The molecule has 24 heavy (non-hydrogen) atoms. The van der Waals surface area contributed by atoms with Crippen molar-refractivity contribution in [3.05, 3.63) is 45.1 Å². The molecule has 0 radical (unpaired) electrons. The Hall–Kier alpha value is -2.49. The molecule has 2 aliphatic rings. The first-order valence-corrected chi connectivity index (χ1v) is 7.85. The van der Waals surface area contributed by atoms with Crippen LogP contribution in [0.25, 0.3) is 11.5 Å². The molecule has 2 heterocycles. The minimum absolute atomic E-state index is 0.0495. The molecule has 3 N–H and O–H groups in total. The second-order valence-electron chi connectivity index (χ2n) is 5.22. The van der Waals surface area contributed by atoms with E-state index in [-0.39, 0.29) is 34.0 Å². The number of rotatable bonds is 3. The topological polar surface area (TPSA) is 109 Å². The maximum Gasteiger partial charge on any atom is 0.249 e. The number of hydrogen-bond acceptors (Lipinski definition) is 6. The van der Waals surface area contributed by atoms with E-state index in [0.717, 1.165) is 0 Å². The lowest BCUT2D eigenvalue weighted by Crippen LogP contribution is -2.08. The van der Waals surface area contributed by atoms with Gasteiger partial charge in [-0.05, 0) is 24.1 Å². The predicted molar refractivity (Wildman–Crippen MR) is 90.3 cm³/mol. The number of fused-ring (bicyclic) bond motifs is 1. The number of anilines is 1. The summed E-state index contributed by atoms with van der Waals surface area (Å²) in [6, 6.07) is 5.13. The van der Waals surface area contributed by atoms with Gasteiger partial charge in [0.2, 0.25) is 11.8 Å². The molecule has 3 rings (SSSR count). The minimum Gasteiger partial charge on any atom is -0.506 e. The Balaban J connectivity index is 2.33. The van der Waals surface area contributed by atoms with Gasteiger partial charge in [-0.25, -0.2) is 0 Å². The van der Waals surface area contributed by atoms with Crippen molar-refractivity contribution in [2.75, 3.05) is 5.73 Å². The number of nitrogens with two attached hydrogens (primary N) is 1. The molecule has 0 spiro atoms. The van der Waals surface area contributed by atoms with Crippen molar-refractivity contribution < 1.29 is 9.52 Å². The first-order valence-electron chi connectivity index (χ1n) is 7.09. The fourth-order valence-corrected chi connectivity index (χ4v) is 3.35. The Morgan fingerprint density at radius 3 is 2.83 bits per heavy atom. The van der Waals surface area contributed by atoms with Crippen molar-refractivity contribution in [3.8, 4) is 23.3 Å². The highest BCUT2D eigenvalue weighted by Gasteiger charge is 2.29. The summed E-state index contributed by atoms with van der Waals surface area (Å²) >= 11 is 12.1. The standard InChI is InChI=1S/C16H12Cl2N4O2/c1-2-8(9-3-7(17)4-12(18)14(9)23)13-10(5-19)15(20)24-16-11(13)6-21-22-16/h3-4,6,8,23H,2,20H2,1H3. The van der Waals surface area contributed by atoms with Crippen LogP contribution in [0.1, 0.15) is 36.0 Å². The lowest BCUT2D eigenvalue weighted by Gasteiger charge is -2.21. The van der Waals surface area contributed by atoms with E-state index in [1.54, 1.807) is 6.07 Å². The number of benzene rings is 1. The number of phenols is 1. The van der Waals surface area contributed by atoms with E-state index in [9.17, 15) is 10.4 Å². The van der Waals surface area contributed by atoms with Crippen LogP contribution in [-0.4, -0.2) is 15.3 Å². The maximum absolute atomic E-state index is 10.4. The van der Waals surface area contributed by atoms with Crippen molar-refractivity contribution in [2.24, 2.45) is 0 Å². The number of aromatic hydroxyl groups is 1. The molecule has 8 heteroatoms. The highest BCUT2D eigenvalue weighted by molar-refractivity contribution is 6.35. The van der Waals surface area contributed by atoms with E-state index in [1.165, 1.54) is 12.3 Å². The Bertz CT molecular complexity index is 933. The molecule has 1 atom stereocenters. The summed E-state index contributed by atoms with van der Waals surface area (Å²) in [5.74, 6) is -0.293. The molecular weight excluding hydrogens is 351 g/mol. The minimum atomic E-state index is -0.386. The van der Waals surface area contributed by atoms with Gasteiger partial charge in [-0.1, -0.05) is 30.1 Å². The van der Waals surface area contributed by atoms with Crippen LogP contribution >= 0.6 is 23.2 Å². The van der Waals surface area contributed by atoms with Crippen molar-refractivity contribution >= 4 is 29.1 Å². The van der Waals surface area contributed by atoms with Gasteiger partial charge in [-0.3, -0.25) is 0 Å². The Morgan fingerprint density at radius 2 is 2.17 bits per heavy atom. The van der Waals surface area contributed by atoms with Crippen LogP contribution in [0.5, 0.6) is 5.75 Å². The second kappa shape index (κ2) is 6.19. The van der Waals surface area contributed by atoms with Crippen LogP contribution in [0.15, 0.2) is 22.7 Å². The summed E-state index contributed by atoms with van der Waals surface area (Å²) in [5.41, 5.74) is 7.67. The normalized spacial score (nSPS) is 12.2. The zero-order valence-corrected chi connectivity index (χ0v) is 14.1. The molecular formula is C16H12Cl2N4O2. The van der Waals surface area contributed by atoms with E-state index >= 15 is 0 Å². The van der Waals surface area contributed by atoms with Gasteiger partial charge in [0.25, 0.3) is 0 Å². The summed E-state index contributed by atoms with van der Waals surface area (Å²) in [6.07, 6.45) is 2.06. The number of halogens is 2. The Labute approximate surface area is 147 Å². The monoisotopic (exact) mass is 362 g/mol. The van der Waals surface area contributed by atoms with Crippen LogP contribution in [0.4, 0.5) is 5.88 Å². The Kier molecular flexibility index (Phi) is 4.22. The quantitative estimate of drug-likeness (QED) is 0.722. The van der Waals surface area contributed by atoms with E-state index in [2.05, 4.69) is 16.3 Å². The fourth-order valence-electron chi connectivity index (χ4n) is 2.84. The third-order valence-corrected chi connectivity index (χ3v) is 4.39. The second-order valence-corrected chi connectivity index (χ2v) is 6.06. The average Bonchev–Trinajstić information content (AvgIpc) is 3.00. The summed E-state index contributed by atoms with van der Waals surface area (Å²) in [5, 5.41) is 28.1. The summed E-state index contributed by atoms with van der Waals surface area (Å²) in [6.45, 7) is 1.91. The van der Waals surface area contributed by atoms with Crippen molar-refractivity contribution in [1.82, 2.24) is 10.2 Å². The number of nitrogens with zero attached hydrogens (tertiary/aromatic N) is 3. The third-order valence-electron chi connectivity index (χ3n) is 3.88. The number of nitriles is 1. The third kappa shape index (κ3) is 2.52. The lowest BCUT2D eigenvalue weighted by molar-refractivity contribution is 0.463. The molecule has 6 nitrogen and oxygen atoms in total. The number of nitrogen functional groups attached to an aromatic ring is 1. The van der Waals surface area contributed by atoms with Crippen LogP contribution in [0, 0.1) is 11.3 Å². The zero-order valence-electron chi connectivity index (χ0n) is 12.5. The summed E-state index contributed by atoms with van der Waals surface area (Å²) in [7, 11) is 0. The molecule has 1 unspecified atom stereocenters. The smallest absolute Gasteiger partial charge is 0.249 e. The van der Waals surface area contributed by atoms with Crippen LogP contribution in [0.3, 0.4) is 0 Å². The van der Waals surface area contributed by atoms with Gasteiger partial charge in [0.05, 0.1) is 16.8 Å². The zero-order chi connectivity index (χ0) is 17.4. The van der Waals surface area contributed by atoms with Gasteiger partial charge < -0.3 is 15.3 Å². The molecule has 0 aromatic heterocycles. The van der Waals surface area contributed by atoms with Crippen molar-refractivity contribution in [3.63, 3.8) is 0 Å². The number of phenolic OH excluding ortho intramolecular Hbond substituents is 1. The molecule has 1 aromatic rings. The number of hydrogen-bond donors (Lipinski definition) is 2. The summed E-state index contributed by atoms with van der Waals surface area (Å²) < 4.78 is 5.34. The van der Waals surface area contributed by atoms with Gasteiger partial charge in [-0.15, -0.1) is 5.10 Å². The van der Waals surface area contributed by atoms with Gasteiger partial charge in [-0.2, -0.15) is 10.4 Å². The first kappa shape index (κ1) is 16.4. The molecule has 0 saturated carbocycles. The predicted octanol–water partition coefficient (Wildman–Crippen LogP) is 4.18. The van der Waals surface area contributed by atoms with E-state index < -0.39 is 0 Å². The van der Waals surface area contributed by atoms with Gasteiger partial charge >= 0.3 is 0 Å². The molecule has 1 aromatic carbocycles. The molecule has 0 fully saturated rings. The average molecular weight is 363 g/mol. The van der Waals surface area contributed by atoms with Crippen molar-refractivity contribution in [2.45, 2.75) is 19.3 Å². The molecule has 0 saturated heterocycles. The molecule has 122 valence electrons. The van der Waals surface area contributed by atoms with Crippen LogP contribution < -0.4 is 5.73 Å². The largest absolute Gasteiger partial charge is 0.506 e. The maximum atomic E-state index is 10.4. The highest BCUT2D eigenvalue weighted by Crippen LogP contribution is 2.45. The fraction of sp³-hybridized carbons (Fsp3) is 0.188. The van der Waals surface area contributed by atoms with Crippen LogP contribution in [0.2, 0.25) is 10.0 Å². The highest BCUT2D eigenvalue weighted by atomic mass is 35.5. The lowest BCUT2D eigenvalue weighted by atomic mass is 9.84. The van der Waals surface area contributed by atoms with Gasteiger partial charge in [0.15, 0.2) is 0 Å². The molecule has 0 bridgehead atoms. The van der Waals surface area contributed by atoms with E-state index in [4.69, 9.17) is 33.4 Å². The number of aromatic nitrogens is 2. The Morgan fingerprint density at radius 1 is 1.42 bits per heavy atom. The SMILES string of the molecule is CCC(c1cc(Cl)cc(Cl)c1O)c1c2cnnc-2oc(N)c1C#N. The first-order chi connectivity index (χ1) is 11.5. The van der Waals surface area contributed by atoms with Crippen LogP contribution in [-0.2, 0) is 0 Å². The summed E-state index contributed by atoms with van der Waals surface area (Å²) in [4.78, 5) is 0. The molecule has 0 amide bonds. The van der Waals surface area contributed by atoms with E-state index in [0.29, 0.717) is 28.1 Å². The molecule has 0 aliphatic carbocycles. The molecule has 2 aliphatic heterocycles.